The van der Waals surface area contributed by atoms with Gasteiger partial charge in [-0.05, 0) is 48.9 Å². The zero-order valence-electron chi connectivity index (χ0n) is 14.8. The summed E-state index contributed by atoms with van der Waals surface area (Å²) in [5.41, 5.74) is 1.13. The average Bonchev–Trinajstić information content (AvgIpc) is 3.11. The molecule has 28 heavy (non-hydrogen) atoms. The van der Waals surface area contributed by atoms with E-state index in [-0.39, 0.29) is 0 Å². The molecule has 5 rings (SSSR count). The highest BCUT2D eigenvalue weighted by atomic mass is 35.5. The van der Waals surface area contributed by atoms with Gasteiger partial charge in [-0.3, -0.25) is 0 Å². The third kappa shape index (κ3) is 3.47. The van der Waals surface area contributed by atoms with Crippen LogP contribution < -0.4 is 10.6 Å². The van der Waals surface area contributed by atoms with E-state index in [0.717, 1.165) is 0 Å². The Balaban J connectivity index is 1.47. The Morgan fingerprint density at radius 2 is 1.79 bits per heavy atom. The molecular formula is C19H17ClFN7. The monoisotopic (exact) mass is 397 g/mol. The number of nitrogens with zero attached hydrogens (tertiary/aromatic N) is 5. The molecule has 0 spiro atoms. The highest BCUT2D eigenvalue weighted by Gasteiger charge is 2.52. The zero-order valence-corrected chi connectivity index (χ0v) is 15.6. The van der Waals surface area contributed by atoms with Crippen LogP contribution in [0.1, 0.15) is 19.3 Å². The van der Waals surface area contributed by atoms with Gasteiger partial charge in [0.15, 0.2) is 5.82 Å². The van der Waals surface area contributed by atoms with Gasteiger partial charge in [-0.1, -0.05) is 24.1 Å². The van der Waals surface area contributed by atoms with E-state index in [2.05, 4.69) is 35.6 Å². The minimum absolute atomic E-state index is 0.327. The molecule has 0 amide bonds. The van der Waals surface area contributed by atoms with Gasteiger partial charge in [0.25, 0.3) is 0 Å². The molecule has 2 N–H and O–H groups in total. The summed E-state index contributed by atoms with van der Waals surface area (Å²) in [6.07, 6.45) is 5.19. The number of hydrogen-bond acceptors (Lipinski definition) is 7. The lowest BCUT2D eigenvalue weighted by atomic mass is 10.2. The van der Waals surface area contributed by atoms with E-state index in [1.165, 1.54) is 31.5 Å². The topological polar surface area (TPSA) is 88.5 Å². The van der Waals surface area contributed by atoms with Crippen LogP contribution in [-0.2, 0) is 0 Å². The van der Waals surface area contributed by atoms with Crippen molar-refractivity contribution in [2.45, 2.75) is 25.3 Å². The molecule has 2 aliphatic carbocycles. The van der Waals surface area contributed by atoms with Crippen LogP contribution in [0.5, 0.6) is 0 Å². The second-order valence-electron chi connectivity index (χ2n) is 7.08. The lowest BCUT2D eigenvalue weighted by Crippen LogP contribution is -2.13. The minimum Gasteiger partial charge on any atom is -0.351 e. The van der Waals surface area contributed by atoms with Gasteiger partial charge >= 0.3 is 0 Å². The number of nitrogens with one attached hydrogen (secondary N) is 2. The van der Waals surface area contributed by atoms with Gasteiger partial charge in [-0.15, -0.1) is 0 Å². The van der Waals surface area contributed by atoms with Gasteiger partial charge < -0.3 is 10.6 Å². The summed E-state index contributed by atoms with van der Waals surface area (Å²) in [5, 5.41) is 6.85. The Morgan fingerprint density at radius 3 is 2.54 bits per heavy atom. The number of halogens is 2. The summed E-state index contributed by atoms with van der Waals surface area (Å²) < 4.78 is 13.1. The van der Waals surface area contributed by atoms with Crippen molar-refractivity contribution in [3.8, 4) is 11.5 Å². The van der Waals surface area contributed by atoms with Crippen molar-refractivity contribution < 1.29 is 4.39 Å². The first-order valence-electron chi connectivity index (χ1n) is 9.20. The fourth-order valence-electron chi connectivity index (χ4n) is 3.91. The number of fused-ring (bicyclic) bond motifs is 1. The van der Waals surface area contributed by atoms with Crippen LogP contribution >= 0.6 is 11.6 Å². The maximum Gasteiger partial charge on any atom is 0.232 e. The Kier molecular flexibility index (Phi) is 4.27. The van der Waals surface area contributed by atoms with Crippen LogP contribution in [0.2, 0.25) is 5.15 Å². The predicted molar refractivity (Wildman–Crippen MR) is 104 cm³/mol. The summed E-state index contributed by atoms with van der Waals surface area (Å²) >= 11 is 6.02. The molecule has 7 nitrogen and oxygen atoms in total. The second-order valence-corrected chi connectivity index (χ2v) is 7.46. The van der Waals surface area contributed by atoms with Crippen LogP contribution in [0.3, 0.4) is 0 Å². The molecule has 0 saturated heterocycles. The van der Waals surface area contributed by atoms with E-state index in [1.807, 2.05) is 0 Å². The molecule has 0 aliphatic heterocycles. The molecule has 2 aliphatic rings. The first-order valence-corrected chi connectivity index (χ1v) is 9.58. The number of anilines is 3. The van der Waals surface area contributed by atoms with Crippen molar-refractivity contribution in [2.24, 2.45) is 11.8 Å². The third-order valence-electron chi connectivity index (χ3n) is 5.27. The molecule has 3 aromatic heterocycles. The lowest BCUT2D eigenvalue weighted by Gasteiger charge is -2.11. The Morgan fingerprint density at radius 1 is 0.964 bits per heavy atom. The van der Waals surface area contributed by atoms with Crippen LogP contribution in [0.4, 0.5) is 22.0 Å². The average molecular weight is 398 g/mol. The van der Waals surface area contributed by atoms with E-state index in [1.54, 1.807) is 24.3 Å². The molecule has 3 aromatic rings. The smallest absolute Gasteiger partial charge is 0.232 e. The van der Waals surface area contributed by atoms with Crippen LogP contribution in [-0.4, -0.2) is 31.0 Å². The summed E-state index contributed by atoms with van der Waals surface area (Å²) in [4.78, 5) is 21.4. The summed E-state index contributed by atoms with van der Waals surface area (Å²) in [6, 6.07) is 8.54. The Bertz CT molecular complexity index is 1000. The second kappa shape index (κ2) is 6.94. The van der Waals surface area contributed by atoms with Gasteiger partial charge in [0.2, 0.25) is 17.8 Å². The van der Waals surface area contributed by atoms with Crippen LogP contribution in [0.15, 0.2) is 36.5 Å². The van der Waals surface area contributed by atoms with Gasteiger partial charge in [-0.2, -0.15) is 19.3 Å². The van der Waals surface area contributed by atoms with Crippen LogP contribution in [0, 0.1) is 17.8 Å². The van der Waals surface area contributed by atoms with E-state index >= 15 is 0 Å². The molecule has 0 radical (unpaired) electrons. The highest BCUT2D eigenvalue weighted by Crippen LogP contribution is 2.53. The SMILES string of the molecule is Fc1ccc(Nc2nc(NC3C4CCCC43)nc(-c3cccc(Cl)n3)n2)cn1. The molecule has 3 heterocycles. The number of rotatable bonds is 5. The van der Waals surface area contributed by atoms with Gasteiger partial charge in [0.1, 0.15) is 10.8 Å². The molecule has 2 unspecified atom stereocenters. The lowest BCUT2D eigenvalue weighted by molar-refractivity contribution is 0.584. The third-order valence-corrected chi connectivity index (χ3v) is 5.48. The maximum absolute atomic E-state index is 13.1. The van der Waals surface area contributed by atoms with Crippen molar-refractivity contribution in [1.82, 2.24) is 24.9 Å². The first-order chi connectivity index (χ1) is 13.7. The molecule has 0 aromatic carbocycles. The predicted octanol–water partition coefficient (Wildman–Crippen LogP) is 4.08. The van der Waals surface area contributed by atoms with E-state index in [9.17, 15) is 4.39 Å². The van der Waals surface area contributed by atoms with E-state index < -0.39 is 5.95 Å². The minimum atomic E-state index is -0.548. The van der Waals surface area contributed by atoms with Gasteiger partial charge in [-0.25, -0.2) is 9.97 Å². The van der Waals surface area contributed by atoms with Crippen molar-refractivity contribution in [1.29, 1.82) is 0 Å². The largest absolute Gasteiger partial charge is 0.351 e. The van der Waals surface area contributed by atoms with Crippen molar-refractivity contribution in [3.05, 3.63) is 47.6 Å². The molecule has 0 bridgehead atoms. The highest BCUT2D eigenvalue weighted by molar-refractivity contribution is 6.29. The normalized spacial score (nSPS) is 22.6. The fraction of sp³-hybridized carbons (Fsp3) is 0.316. The van der Waals surface area contributed by atoms with Crippen molar-refractivity contribution in [2.75, 3.05) is 10.6 Å². The Hall–Kier alpha value is -2.87. The van der Waals surface area contributed by atoms with Crippen molar-refractivity contribution in [3.63, 3.8) is 0 Å². The molecule has 9 heteroatoms. The first kappa shape index (κ1) is 17.2. The summed E-state index contributed by atoms with van der Waals surface area (Å²) in [6.45, 7) is 0. The van der Waals surface area contributed by atoms with Gasteiger partial charge in [0.05, 0.1) is 11.9 Å². The molecule has 142 valence electrons. The molecule has 2 atom stereocenters. The molecule has 2 fully saturated rings. The van der Waals surface area contributed by atoms with Crippen molar-refractivity contribution >= 4 is 29.2 Å². The molecule has 2 saturated carbocycles. The quantitative estimate of drug-likeness (QED) is 0.627. The maximum atomic E-state index is 13.1. The fourth-order valence-corrected chi connectivity index (χ4v) is 4.07. The summed E-state index contributed by atoms with van der Waals surface area (Å²) in [7, 11) is 0. The standard InChI is InChI=1S/C19H17ClFN7/c20-14-6-2-5-13(24-14)17-26-18(23-10-7-8-15(21)22-9-10)28-19(27-17)25-16-11-3-1-4-12(11)16/h2,5-9,11-12,16H,1,3-4H2,(H2,23,25,26,27,28). The van der Waals surface area contributed by atoms with Gasteiger partial charge in [0, 0.05) is 6.04 Å². The molecular weight excluding hydrogens is 381 g/mol. The number of hydrogen-bond donors (Lipinski definition) is 2. The zero-order chi connectivity index (χ0) is 19.1. The number of aromatic nitrogens is 5. The number of pyridine rings is 2. The van der Waals surface area contributed by atoms with Crippen LogP contribution in [0.25, 0.3) is 11.5 Å². The Labute approximate surface area is 165 Å². The van der Waals surface area contributed by atoms with E-state index in [0.29, 0.717) is 52.1 Å². The van der Waals surface area contributed by atoms with E-state index in [4.69, 9.17) is 11.6 Å². The summed E-state index contributed by atoms with van der Waals surface area (Å²) in [5.74, 6) is 2.10.